The molecule has 0 aromatic heterocycles. The summed E-state index contributed by atoms with van der Waals surface area (Å²) in [4.78, 5) is 11.9. The predicted octanol–water partition coefficient (Wildman–Crippen LogP) is 2.91. The molecule has 0 radical (unpaired) electrons. The monoisotopic (exact) mass is 365 g/mol. The minimum Gasteiger partial charge on any atom is -0.351 e. The third kappa shape index (κ3) is 3.94. The Hall–Kier alpha value is -0.590. The highest BCUT2D eigenvalue weighted by Gasteiger charge is 2.37. The molecule has 1 aliphatic carbocycles. The molecule has 1 amide bonds. The van der Waals surface area contributed by atoms with Gasteiger partial charge in [-0.05, 0) is 36.5 Å². The van der Waals surface area contributed by atoms with Gasteiger partial charge < -0.3 is 5.32 Å². The van der Waals surface area contributed by atoms with Gasteiger partial charge in [0.15, 0.2) is 0 Å². The number of hydrogen-bond acceptors (Lipinski definition) is 3. The summed E-state index contributed by atoms with van der Waals surface area (Å²) in [5, 5.41) is 2.81. The van der Waals surface area contributed by atoms with Gasteiger partial charge in [0.05, 0.1) is 4.90 Å². The molecule has 0 aliphatic heterocycles. The van der Waals surface area contributed by atoms with Crippen LogP contribution in [0.5, 0.6) is 0 Å². The van der Waals surface area contributed by atoms with Crippen molar-refractivity contribution < 1.29 is 13.2 Å². The highest BCUT2D eigenvalue weighted by Crippen LogP contribution is 2.44. The van der Waals surface area contributed by atoms with E-state index in [-0.39, 0.29) is 21.8 Å². The summed E-state index contributed by atoms with van der Waals surface area (Å²) in [6.45, 7) is 2.70. The van der Waals surface area contributed by atoms with E-state index in [1.54, 1.807) is 6.07 Å². The van der Waals surface area contributed by atoms with Crippen molar-refractivity contribution >= 4 is 41.6 Å². The van der Waals surface area contributed by atoms with E-state index in [9.17, 15) is 13.2 Å². The summed E-state index contributed by atoms with van der Waals surface area (Å²) < 4.78 is 23.1. The number of carbonyl (C=O) groups excluding carboxylic acids is 1. The third-order valence-corrected chi connectivity index (χ3v) is 4.99. The van der Waals surface area contributed by atoms with Crippen LogP contribution in [0.3, 0.4) is 0 Å². The van der Waals surface area contributed by atoms with Crippen molar-refractivity contribution in [1.29, 1.82) is 0 Å². The van der Waals surface area contributed by atoms with Gasteiger partial charge in [-0.25, -0.2) is 8.42 Å². The van der Waals surface area contributed by atoms with Crippen LogP contribution in [0.2, 0.25) is 0 Å². The maximum absolute atomic E-state index is 12.0. The molecule has 0 heterocycles. The average Bonchev–Trinajstić information content (AvgIpc) is 3.03. The molecule has 1 aromatic rings. The summed E-state index contributed by atoms with van der Waals surface area (Å²) in [6, 6.07) is 4.20. The molecule has 1 aliphatic rings. The van der Waals surface area contributed by atoms with E-state index in [1.165, 1.54) is 12.1 Å². The zero-order valence-corrected chi connectivity index (χ0v) is 13.4. The van der Waals surface area contributed by atoms with E-state index in [4.69, 9.17) is 10.7 Å². The number of benzene rings is 1. The lowest BCUT2D eigenvalue weighted by Gasteiger charge is -2.10. The number of rotatable bonds is 4. The highest BCUT2D eigenvalue weighted by atomic mass is 79.9. The van der Waals surface area contributed by atoms with Crippen molar-refractivity contribution in [2.24, 2.45) is 5.41 Å². The molecule has 1 aromatic carbocycles. The largest absolute Gasteiger partial charge is 0.351 e. The Balaban J connectivity index is 2.19. The summed E-state index contributed by atoms with van der Waals surface area (Å²) in [7, 11) is 1.44. The van der Waals surface area contributed by atoms with Gasteiger partial charge in [-0.2, -0.15) is 0 Å². The van der Waals surface area contributed by atoms with E-state index in [0.717, 1.165) is 12.8 Å². The lowest BCUT2D eigenvalue weighted by Crippen LogP contribution is -2.29. The summed E-state index contributed by atoms with van der Waals surface area (Å²) >= 11 is 3.17. The number of nitrogens with one attached hydrogen (secondary N) is 1. The normalized spacial score (nSPS) is 17.0. The van der Waals surface area contributed by atoms with E-state index in [0.29, 0.717) is 11.0 Å². The highest BCUT2D eigenvalue weighted by molar-refractivity contribution is 9.10. The molecule has 0 spiro atoms. The number of hydrogen-bond donors (Lipinski definition) is 1. The van der Waals surface area contributed by atoms with E-state index in [1.807, 2.05) is 0 Å². The zero-order chi connectivity index (χ0) is 14.3. The fourth-order valence-corrected chi connectivity index (χ4v) is 3.07. The van der Waals surface area contributed by atoms with Gasteiger partial charge in [-0.15, -0.1) is 0 Å². The molecular weight excluding hydrogens is 354 g/mol. The fourth-order valence-electron chi connectivity index (χ4n) is 1.62. The quantitative estimate of drug-likeness (QED) is 0.833. The van der Waals surface area contributed by atoms with Gasteiger partial charge in [0.25, 0.3) is 15.0 Å². The van der Waals surface area contributed by atoms with Gasteiger partial charge in [0.1, 0.15) is 0 Å². The Kier molecular flexibility index (Phi) is 3.95. The second-order valence-corrected chi connectivity index (χ2v) is 8.59. The summed E-state index contributed by atoms with van der Waals surface area (Å²) in [5.41, 5.74) is 0.473. The van der Waals surface area contributed by atoms with Crippen LogP contribution in [0, 0.1) is 5.41 Å². The van der Waals surface area contributed by atoms with Crippen molar-refractivity contribution in [2.45, 2.75) is 24.7 Å². The lowest BCUT2D eigenvalue weighted by atomic mass is 10.1. The third-order valence-electron chi connectivity index (χ3n) is 3.19. The molecule has 1 N–H and O–H groups in total. The van der Waals surface area contributed by atoms with Crippen molar-refractivity contribution in [3.63, 3.8) is 0 Å². The smallest absolute Gasteiger partial charge is 0.261 e. The molecule has 1 saturated carbocycles. The average molecular weight is 367 g/mol. The van der Waals surface area contributed by atoms with Gasteiger partial charge >= 0.3 is 0 Å². The minimum absolute atomic E-state index is 0.0914. The Labute approximate surface area is 125 Å². The number of halogens is 2. The molecule has 0 bridgehead atoms. The molecule has 19 heavy (non-hydrogen) atoms. The van der Waals surface area contributed by atoms with Crippen LogP contribution >= 0.6 is 26.6 Å². The van der Waals surface area contributed by atoms with E-state index in [2.05, 4.69) is 28.2 Å². The van der Waals surface area contributed by atoms with Crippen molar-refractivity contribution in [1.82, 2.24) is 5.32 Å². The van der Waals surface area contributed by atoms with E-state index >= 15 is 0 Å². The first-order valence-corrected chi connectivity index (χ1v) is 8.83. The van der Waals surface area contributed by atoms with Crippen molar-refractivity contribution in [2.75, 3.05) is 6.54 Å². The van der Waals surface area contributed by atoms with Crippen LogP contribution in [-0.2, 0) is 9.05 Å². The Morgan fingerprint density at radius 2 is 2.05 bits per heavy atom. The van der Waals surface area contributed by atoms with Gasteiger partial charge in [0.2, 0.25) is 0 Å². The molecule has 0 saturated heterocycles. The van der Waals surface area contributed by atoms with Crippen LogP contribution in [-0.4, -0.2) is 20.9 Å². The molecule has 4 nitrogen and oxygen atoms in total. The maximum Gasteiger partial charge on any atom is 0.261 e. The Morgan fingerprint density at radius 3 is 2.58 bits per heavy atom. The molecule has 0 unspecified atom stereocenters. The Morgan fingerprint density at radius 1 is 1.42 bits per heavy atom. The molecule has 1 fully saturated rings. The van der Waals surface area contributed by atoms with Gasteiger partial charge in [0, 0.05) is 27.3 Å². The van der Waals surface area contributed by atoms with Gasteiger partial charge in [-0.3, -0.25) is 4.79 Å². The SMILES string of the molecule is CC1(CNC(=O)c2cc(Br)cc(S(=O)(=O)Cl)c2)CC1. The van der Waals surface area contributed by atoms with Crippen LogP contribution < -0.4 is 5.32 Å². The summed E-state index contributed by atoms with van der Waals surface area (Å²) in [6.07, 6.45) is 2.21. The van der Waals surface area contributed by atoms with Crippen molar-refractivity contribution in [3.05, 3.63) is 28.2 Å². The second-order valence-electron chi connectivity index (χ2n) is 5.11. The van der Waals surface area contributed by atoms with E-state index < -0.39 is 9.05 Å². The van der Waals surface area contributed by atoms with Crippen molar-refractivity contribution in [3.8, 4) is 0 Å². The fraction of sp³-hybridized carbons (Fsp3) is 0.417. The zero-order valence-electron chi connectivity index (χ0n) is 10.2. The topological polar surface area (TPSA) is 63.2 Å². The maximum atomic E-state index is 12.0. The van der Waals surface area contributed by atoms with Crippen LogP contribution in [0.1, 0.15) is 30.1 Å². The lowest BCUT2D eigenvalue weighted by molar-refractivity contribution is 0.0946. The summed E-state index contributed by atoms with van der Waals surface area (Å²) in [5.74, 6) is -0.295. The molecule has 0 atom stereocenters. The van der Waals surface area contributed by atoms with Crippen LogP contribution in [0.15, 0.2) is 27.6 Å². The van der Waals surface area contributed by atoms with Gasteiger partial charge in [-0.1, -0.05) is 22.9 Å². The minimum atomic E-state index is -3.85. The Bertz CT molecular complexity index is 626. The molecule has 7 heteroatoms. The molecule has 2 rings (SSSR count). The number of carbonyl (C=O) groups is 1. The predicted molar refractivity (Wildman–Crippen MR) is 76.9 cm³/mol. The number of amides is 1. The first-order chi connectivity index (χ1) is 8.70. The van der Waals surface area contributed by atoms with Crippen LogP contribution in [0.25, 0.3) is 0 Å². The molecule has 104 valence electrons. The molecular formula is C12H13BrClNO3S. The standard InChI is InChI=1S/C12H13BrClNO3S/c1-12(2-3-12)7-15-11(16)8-4-9(13)6-10(5-8)19(14,17)18/h4-6H,2-3,7H2,1H3,(H,15,16). The second kappa shape index (κ2) is 5.07. The first kappa shape index (κ1) is 14.8. The van der Waals surface area contributed by atoms with Crippen LogP contribution in [0.4, 0.5) is 0 Å². The first-order valence-electron chi connectivity index (χ1n) is 5.73.